The van der Waals surface area contributed by atoms with Crippen LogP contribution in [0.1, 0.15) is 5.56 Å². The molecule has 1 aromatic heterocycles. The van der Waals surface area contributed by atoms with Gasteiger partial charge in [-0.3, -0.25) is 9.48 Å². The van der Waals surface area contributed by atoms with E-state index in [1.807, 2.05) is 37.5 Å². The Labute approximate surface area is 131 Å². The van der Waals surface area contributed by atoms with Crippen molar-refractivity contribution in [2.24, 2.45) is 7.05 Å². The highest BCUT2D eigenvalue weighted by molar-refractivity contribution is 5.77. The van der Waals surface area contributed by atoms with E-state index in [4.69, 9.17) is 0 Å². The van der Waals surface area contributed by atoms with Gasteiger partial charge >= 0.3 is 6.18 Å². The molecule has 2 rings (SSSR count). The van der Waals surface area contributed by atoms with Gasteiger partial charge in [0.1, 0.15) is 13.2 Å². The number of hydrogen-bond acceptors (Lipinski definition) is 3. The normalized spacial score (nSPS) is 11.5. The summed E-state index contributed by atoms with van der Waals surface area (Å²) in [6, 6.07) is 7.45. The van der Waals surface area contributed by atoms with E-state index < -0.39 is 25.3 Å². The van der Waals surface area contributed by atoms with Gasteiger partial charge in [0.15, 0.2) is 0 Å². The first-order chi connectivity index (χ1) is 10.8. The third-order valence-electron chi connectivity index (χ3n) is 2.95. The maximum absolute atomic E-state index is 11.9. The van der Waals surface area contributed by atoms with E-state index in [1.165, 1.54) is 0 Å². The SMILES string of the molecule is Cn1cc(-c2cccc(CNC(=O)COCC(F)(F)F)c2)cn1. The molecule has 0 unspecified atom stereocenters. The third kappa shape index (κ3) is 5.74. The summed E-state index contributed by atoms with van der Waals surface area (Å²) in [7, 11) is 1.81. The Hall–Kier alpha value is -2.35. The summed E-state index contributed by atoms with van der Waals surface area (Å²) < 4.78 is 41.7. The van der Waals surface area contributed by atoms with Gasteiger partial charge < -0.3 is 10.1 Å². The Bertz CT molecular complexity index is 668. The maximum atomic E-state index is 11.9. The van der Waals surface area contributed by atoms with E-state index in [1.54, 1.807) is 10.9 Å². The number of aryl methyl sites for hydroxylation is 1. The van der Waals surface area contributed by atoms with Crippen molar-refractivity contribution in [3.8, 4) is 11.1 Å². The van der Waals surface area contributed by atoms with E-state index >= 15 is 0 Å². The monoisotopic (exact) mass is 327 g/mol. The van der Waals surface area contributed by atoms with E-state index in [9.17, 15) is 18.0 Å². The van der Waals surface area contributed by atoms with Crippen LogP contribution in [0.5, 0.6) is 0 Å². The van der Waals surface area contributed by atoms with Crippen LogP contribution < -0.4 is 5.32 Å². The van der Waals surface area contributed by atoms with Gasteiger partial charge in [0.05, 0.1) is 6.20 Å². The van der Waals surface area contributed by atoms with Crippen molar-refractivity contribution in [2.75, 3.05) is 13.2 Å². The highest BCUT2D eigenvalue weighted by Crippen LogP contribution is 2.19. The molecule has 0 aliphatic rings. The molecule has 0 bridgehead atoms. The lowest BCUT2D eigenvalue weighted by Crippen LogP contribution is -2.29. The Kier molecular flexibility index (Phi) is 5.38. The van der Waals surface area contributed by atoms with Gasteiger partial charge in [-0.2, -0.15) is 18.3 Å². The lowest BCUT2D eigenvalue weighted by Gasteiger charge is -2.09. The number of amides is 1. The number of aromatic nitrogens is 2. The van der Waals surface area contributed by atoms with E-state index in [0.717, 1.165) is 16.7 Å². The van der Waals surface area contributed by atoms with Crippen LogP contribution in [0.25, 0.3) is 11.1 Å². The molecule has 0 saturated carbocycles. The number of alkyl halides is 3. The van der Waals surface area contributed by atoms with Gasteiger partial charge in [-0.25, -0.2) is 0 Å². The number of halogens is 3. The van der Waals surface area contributed by atoms with Crippen molar-refractivity contribution in [3.05, 3.63) is 42.2 Å². The molecular weight excluding hydrogens is 311 g/mol. The number of rotatable bonds is 6. The highest BCUT2D eigenvalue weighted by atomic mass is 19.4. The molecule has 124 valence electrons. The molecule has 0 saturated heterocycles. The van der Waals surface area contributed by atoms with E-state index in [2.05, 4.69) is 15.2 Å². The van der Waals surface area contributed by atoms with Crippen LogP contribution in [0.15, 0.2) is 36.7 Å². The summed E-state index contributed by atoms with van der Waals surface area (Å²) in [5.74, 6) is -0.596. The van der Waals surface area contributed by atoms with E-state index in [-0.39, 0.29) is 6.54 Å². The Morgan fingerprint density at radius 1 is 1.35 bits per heavy atom. The number of nitrogens with zero attached hydrogens (tertiary/aromatic N) is 2. The van der Waals surface area contributed by atoms with Crippen LogP contribution in [-0.2, 0) is 23.1 Å². The summed E-state index contributed by atoms with van der Waals surface area (Å²) in [6.45, 7) is -1.85. The molecule has 0 spiro atoms. The number of ether oxygens (including phenoxy) is 1. The van der Waals surface area contributed by atoms with Gasteiger partial charge in [-0.15, -0.1) is 0 Å². The fourth-order valence-electron chi connectivity index (χ4n) is 1.94. The van der Waals surface area contributed by atoms with Gasteiger partial charge in [0.25, 0.3) is 0 Å². The van der Waals surface area contributed by atoms with Crippen LogP contribution in [0.3, 0.4) is 0 Å². The number of nitrogens with one attached hydrogen (secondary N) is 1. The highest BCUT2D eigenvalue weighted by Gasteiger charge is 2.27. The largest absolute Gasteiger partial charge is 0.411 e. The lowest BCUT2D eigenvalue weighted by atomic mass is 10.1. The van der Waals surface area contributed by atoms with Gasteiger partial charge in [0.2, 0.25) is 5.91 Å². The molecule has 5 nitrogen and oxygen atoms in total. The topological polar surface area (TPSA) is 56.2 Å². The average Bonchev–Trinajstić information content (AvgIpc) is 2.91. The average molecular weight is 327 g/mol. The molecule has 0 fully saturated rings. The van der Waals surface area contributed by atoms with Crippen LogP contribution in [0.4, 0.5) is 13.2 Å². The fourth-order valence-corrected chi connectivity index (χ4v) is 1.94. The molecule has 23 heavy (non-hydrogen) atoms. The molecule has 1 N–H and O–H groups in total. The zero-order chi connectivity index (χ0) is 16.9. The molecule has 8 heteroatoms. The third-order valence-corrected chi connectivity index (χ3v) is 2.95. The second kappa shape index (κ2) is 7.28. The number of hydrogen-bond donors (Lipinski definition) is 1. The molecule has 0 atom stereocenters. The summed E-state index contributed by atoms with van der Waals surface area (Å²) in [6.07, 6.45) is -0.844. The summed E-state index contributed by atoms with van der Waals surface area (Å²) in [5.41, 5.74) is 2.71. The zero-order valence-corrected chi connectivity index (χ0v) is 12.4. The van der Waals surface area contributed by atoms with Crippen LogP contribution >= 0.6 is 0 Å². The predicted octanol–water partition coefficient (Wildman–Crippen LogP) is 2.28. The van der Waals surface area contributed by atoms with Crippen molar-refractivity contribution in [1.29, 1.82) is 0 Å². The minimum atomic E-state index is -4.43. The molecule has 0 aliphatic carbocycles. The predicted molar refractivity (Wildman–Crippen MR) is 77.4 cm³/mol. The van der Waals surface area contributed by atoms with Crippen molar-refractivity contribution in [2.45, 2.75) is 12.7 Å². The first-order valence-electron chi connectivity index (χ1n) is 6.82. The minimum absolute atomic E-state index is 0.211. The van der Waals surface area contributed by atoms with Crippen LogP contribution in [-0.4, -0.2) is 35.1 Å². The minimum Gasteiger partial charge on any atom is -0.362 e. The second-order valence-electron chi connectivity index (χ2n) is 4.99. The summed E-state index contributed by atoms with van der Waals surface area (Å²) in [5, 5.41) is 6.61. The fraction of sp³-hybridized carbons (Fsp3) is 0.333. The number of carbonyl (C=O) groups excluding carboxylic acids is 1. The van der Waals surface area contributed by atoms with Crippen LogP contribution in [0.2, 0.25) is 0 Å². The van der Waals surface area contributed by atoms with Crippen molar-refractivity contribution < 1.29 is 22.7 Å². The Morgan fingerprint density at radius 2 is 2.13 bits per heavy atom. The zero-order valence-electron chi connectivity index (χ0n) is 12.4. The van der Waals surface area contributed by atoms with E-state index in [0.29, 0.717) is 0 Å². The van der Waals surface area contributed by atoms with Gasteiger partial charge in [0, 0.05) is 25.4 Å². The van der Waals surface area contributed by atoms with Crippen molar-refractivity contribution >= 4 is 5.91 Å². The quantitative estimate of drug-likeness (QED) is 0.886. The second-order valence-corrected chi connectivity index (χ2v) is 4.99. The number of carbonyl (C=O) groups is 1. The molecule has 2 aromatic rings. The summed E-state index contributed by atoms with van der Waals surface area (Å²) >= 11 is 0. The molecule has 1 aromatic carbocycles. The molecule has 0 radical (unpaired) electrons. The van der Waals surface area contributed by atoms with Crippen molar-refractivity contribution in [3.63, 3.8) is 0 Å². The molecule has 0 aliphatic heterocycles. The summed E-state index contributed by atoms with van der Waals surface area (Å²) in [4.78, 5) is 11.4. The Balaban J connectivity index is 1.85. The Morgan fingerprint density at radius 3 is 2.78 bits per heavy atom. The standard InChI is InChI=1S/C15H16F3N3O2/c1-21-8-13(7-20-21)12-4-2-3-11(5-12)6-19-14(22)9-23-10-15(16,17)18/h2-5,7-8H,6,9-10H2,1H3,(H,19,22). The maximum Gasteiger partial charge on any atom is 0.411 e. The lowest BCUT2D eigenvalue weighted by molar-refractivity contribution is -0.175. The van der Waals surface area contributed by atoms with Crippen LogP contribution in [0, 0.1) is 0 Å². The first kappa shape index (κ1) is 17.0. The molecular formula is C15H16F3N3O2. The first-order valence-corrected chi connectivity index (χ1v) is 6.82. The van der Waals surface area contributed by atoms with Gasteiger partial charge in [-0.05, 0) is 17.2 Å². The molecule has 1 amide bonds. The van der Waals surface area contributed by atoms with Gasteiger partial charge in [-0.1, -0.05) is 18.2 Å². The molecule has 1 heterocycles. The van der Waals surface area contributed by atoms with Crippen molar-refractivity contribution in [1.82, 2.24) is 15.1 Å². The number of benzene rings is 1. The smallest absolute Gasteiger partial charge is 0.362 e.